The van der Waals surface area contributed by atoms with Gasteiger partial charge in [-0.2, -0.15) is 0 Å². The molecule has 0 unspecified atom stereocenters. The van der Waals surface area contributed by atoms with Gasteiger partial charge in [0, 0.05) is 5.56 Å². The van der Waals surface area contributed by atoms with Gasteiger partial charge in [-0.3, -0.25) is 9.05 Å². The van der Waals surface area contributed by atoms with Crippen LogP contribution in [0.2, 0.25) is 0 Å². The minimum Gasteiger partial charge on any atom is -0.350 e. The molecule has 0 aliphatic carbocycles. The zero-order valence-electron chi connectivity index (χ0n) is 9.88. The SMILES string of the molecule is CCOP(=O)(OC#Cc1ccccc1)OCC. The van der Waals surface area contributed by atoms with Crippen LogP contribution in [0.3, 0.4) is 0 Å². The van der Waals surface area contributed by atoms with Crippen LogP contribution in [0, 0.1) is 12.0 Å². The lowest BCUT2D eigenvalue weighted by molar-refractivity contribution is 0.159. The molecular weight excluding hydrogens is 239 g/mol. The molecule has 0 atom stereocenters. The van der Waals surface area contributed by atoms with Gasteiger partial charge in [0.1, 0.15) is 6.11 Å². The summed E-state index contributed by atoms with van der Waals surface area (Å²) in [6.07, 6.45) is 2.35. The smallest absolute Gasteiger partial charge is 0.350 e. The standard InChI is InChI=1S/C12H15O4P/c1-3-14-17(13,15-4-2)16-11-10-12-8-6-5-7-9-12/h5-9H,3-4H2,1-2H3. The first-order chi connectivity index (χ1) is 8.20. The first kappa shape index (κ1) is 13.8. The van der Waals surface area contributed by atoms with Crippen molar-refractivity contribution < 1.29 is 18.1 Å². The second-order valence-corrected chi connectivity index (χ2v) is 4.56. The molecule has 92 valence electrons. The molecule has 1 rings (SSSR count). The third-order valence-electron chi connectivity index (χ3n) is 1.70. The fourth-order valence-electron chi connectivity index (χ4n) is 1.07. The lowest BCUT2D eigenvalue weighted by Crippen LogP contribution is -1.96. The zero-order valence-corrected chi connectivity index (χ0v) is 10.8. The minimum absolute atomic E-state index is 0.240. The van der Waals surface area contributed by atoms with Crippen molar-refractivity contribution in [2.75, 3.05) is 13.2 Å². The lowest BCUT2D eigenvalue weighted by atomic mass is 10.2. The molecule has 0 aliphatic rings. The normalized spacial score (nSPS) is 10.5. The third-order valence-corrected chi connectivity index (χ3v) is 3.16. The Kier molecular flexibility index (Phi) is 5.79. The zero-order chi connectivity index (χ0) is 12.6. The van der Waals surface area contributed by atoms with Crippen LogP contribution < -0.4 is 0 Å². The van der Waals surface area contributed by atoms with E-state index in [4.69, 9.17) is 13.6 Å². The fraction of sp³-hybridized carbons (Fsp3) is 0.333. The molecule has 0 aromatic heterocycles. The highest BCUT2D eigenvalue weighted by atomic mass is 31.2. The summed E-state index contributed by atoms with van der Waals surface area (Å²) < 4.78 is 26.5. The summed E-state index contributed by atoms with van der Waals surface area (Å²) in [5.41, 5.74) is 0.770. The number of hydrogen-bond donors (Lipinski definition) is 0. The van der Waals surface area contributed by atoms with E-state index in [9.17, 15) is 4.57 Å². The van der Waals surface area contributed by atoms with Gasteiger partial charge >= 0.3 is 7.82 Å². The van der Waals surface area contributed by atoms with Crippen LogP contribution in [-0.4, -0.2) is 13.2 Å². The Labute approximate surface area is 102 Å². The highest BCUT2D eigenvalue weighted by Gasteiger charge is 2.25. The van der Waals surface area contributed by atoms with E-state index >= 15 is 0 Å². The van der Waals surface area contributed by atoms with Gasteiger partial charge in [0.2, 0.25) is 0 Å². The van der Waals surface area contributed by atoms with Crippen LogP contribution in [0.1, 0.15) is 19.4 Å². The number of phosphoric acid groups is 1. The molecule has 0 saturated heterocycles. The van der Waals surface area contributed by atoms with Crippen LogP contribution in [-0.2, 0) is 18.1 Å². The van der Waals surface area contributed by atoms with Gasteiger partial charge in [0.05, 0.1) is 13.2 Å². The van der Waals surface area contributed by atoms with Gasteiger partial charge in [-0.1, -0.05) is 18.2 Å². The number of phosphoric ester groups is 1. The van der Waals surface area contributed by atoms with Gasteiger partial charge in [-0.25, -0.2) is 4.57 Å². The average Bonchev–Trinajstić information content (AvgIpc) is 2.31. The van der Waals surface area contributed by atoms with Gasteiger partial charge in [-0.05, 0) is 31.9 Å². The largest absolute Gasteiger partial charge is 0.538 e. The molecule has 0 heterocycles. The second kappa shape index (κ2) is 7.13. The van der Waals surface area contributed by atoms with E-state index in [-0.39, 0.29) is 13.2 Å². The fourth-order valence-corrected chi connectivity index (χ4v) is 2.04. The van der Waals surface area contributed by atoms with E-state index in [2.05, 4.69) is 12.0 Å². The summed E-state index contributed by atoms with van der Waals surface area (Å²) in [7, 11) is -3.53. The van der Waals surface area contributed by atoms with Gasteiger partial charge < -0.3 is 4.52 Å². The van der Waals surface area contributed by atoms with Crippen LogP contribution in [0.25, 0.3) is 0 Å². The van der Waals surface area contributed by atoms with E-state index < -0.39 is 7.82 Å². The molecule has 0 radical (unpaired) electrons. The molecule has 0 N–H and O–H groups in total. The summed E-state index contributed by atoms with van der Waals surface area (Å²) in [6.45, 7) is 3.90. The number of hydrogen-bond acceptors (Lipinski definition) is 4. The molecule has 5 heteroatoms. The maximum atomic E-state index is 11.8. The summed E-state index contributed by atoms with van der Waals surface area (Å²) in [5, 5.41) is 0. The van der Waals surface area contributed by atoms with Crippen molar-refractivity contribution in [3.05, 3.63) is 35.9 Å². The average molecular weight is 254 g/mol. The highest BCUT2D eigenvalue weighted by Crippen LogP contribution is 2.48. The Hall–Kier alpha value is -1.27. The summed E-state index contributed by atoms with van der Waals surface area (Å²) >= 11 is 0. The molecule has 0 spiro atoms. The molecular formula is C12H15O4P. The van der Waals surface area contributed by atoms with Crippen molar-refractivity contribution >= 4 is 7.82 Å². The summed E-state index contributed by atoms with van der Waals surface area (Å²) in [5.74, 6) is 2.71. The molecule has 0 fully saturated rings. The van der Waals surface area contributed by atoms with Gasteiger partial charge in [0.25, 0.3) is 0 Å². The van der Waals surface area contributed by atoms with Crippen molar-refractivity contribution in [2.45, 2.75) is 13.8 Å². The molecule has 1 aromatic carbocycles. The first-order valence-electron chi connectivity index (χ1n) is 5.34. The summed E-state index contributed by atoms with van der Waals surface area (Å²) in [6, 6.07) is 9.24. The number of rotatable bonds is 5. The second-order valence-electron chi connectivity index (χ2n) is 2.97. The van der Waals surface area contributed by atoms with E-state index in [1.165, 1.54) is 0 Å². The maximum absolute atomic E-state index is 11.8. The lowest BCUT2D eigenvalue weighted by Gasteiger charge is -2.12. The first-order valence-corrected chi connectivity index (χ1v) is 6.80. The Morgan fingerprint density at radius 1 is 1.12 bits per heavy atom. The van der Waals surface area contributed by atoms with Gasteiger partial charge in [0.15, 0.2) is 0 Å². The predicted octanol–water partition coefficient (Wildman–Crippen LogP) is 3.19. The van der Waals surface area contributed by atoms with Crippen LogP contribution >= 0.6 is 7.82 Å². The van der Waals surface area contributed by atoms with Crippen molar-refractivity contribution in [3.63, 3.8) is 0 Å². The summed E-state index contributed by atoms with van der Waals surface area (Å²) in [4.78, 5) is 0. The Bertz CT molecular complexity index is 423. The van der Waals surface area contributed by atoms with Crippen molar-refractivity contribution in [2.24, 2.45) is 0 Å². The molecule has 0 bridgehead atoms. The number of benzene rings is 1. The van der Waals surface area contributed by atoms with Crippen molar-refractivity contribution in [1.82, 2.24) is 0 Å². The Balaban J connectivity index is 2.64. The van der Waals surface area contributed by atoms with Crippen molar-refractivity contribution in [1.29, 1.82) is 0 Å². The molecule has 1 aromatic rings. The molecule has 17 heavy (non-hydrogen) atoms. The molecule has 0 amide bonds. The Morgan fingerprint density at radius 3 is 2.24 bits per heavy atom. The van der Waals surface area contributed by atoms with Gasteiger partial charge in [-0.15, -0.1) is 0 Å². The predicted molar refractivity (Wildman–Crippen MR) is 65.3 cm³/mol. The van der Waals surface area contributed by atoms with Crippen molar-refractivity contribution in [3.8, 4) is 12.0 Å². The minimum atomic E-state index is -3.53. The van der Waals surface area contributed by atoms with E-state index in [0.29, 0.717) is 0 Å². The van der Waals surface area contributed by atoms with E-state index in [1.807, 2.05) is 30.3 Å². The quantitative estimate of drug-likeness (QED) is 0.598. The third kappa shape index (κ3) is 5.06. The molecule has 0 aliphatic heterocycles. The molecule has 4 nitrogen and oxygen atoms in total. The maximum Gasteiger partial charge on any atom is 0.538 e. The highest BCUT2D eigenvalue weighted by molar-refractivity contribution is 7.48. The van der Waals surface area contributed by atoms with Crippen LogP contribution in [0.5, 0.6) is 0 Å². The topological polar surface area (TPSA) is 44.8 Å². The Morgan fingerprint density at radius 2 is 1.71 bits per heavy atom. The van der Waals surface area contributed by atoms with E-state index in [0.717, 1.165) is 5.56 Å². The molecule has 0 saturated carbocycles. The van der Waals surface area contributed by atoms with E-state index in [1.54, 1.807) is 13.8 Å². The van der Waals surface area contributed by atoms with Crippen LogP contribution in [0.15, 0.2) is 30.3 Å². The monoisotopic (exact) mass is 254 g/mol. The van der Waals surface area contributed by atoms with Crippen LogP contribution in [0.4, 0.5) is 0 Å².